The zero-order valence-electron chi connectivity index (χ0n) is 6.56. The van der Waals surface area contributed by atoms with Gasteiger partial charge in [0, 0.05) is 19.5 Å². The first-order valence-corrected chi connectivity index (χ1v) is 4.72. The lowest BCUT2D eigenvalue weighted by atomic mass is 10.4. The Morgan fingerprint density at radius 2 is 2.09 bits per heavy atom. The summed E-state index contributed by atoms with van der Waals surface area (Å²) in [5.74, 6) is 0. The van der Waals surface area contributed by atoms with Crippen LogP contribution in [0.1, 0.15) is 19.8 Å². The van der Waals surface area contributed by atoms with E-state index in [0.29, 0.717) is 19.5 Å². The molecule has 0 atom stereocenters. The largest absolute Gasteiger partial charge is 0.338 e. The van der Waals surface area contributed by atoms with Crippen LogP contribution in [0.15, 0.2) is 0 Å². The van der Waals surface area contributed by atoms with Crippen molar-refractivity contribution in [2.75, 3.05) is 13.1 Å². The van der Waals surface area contributed by atoms with E-state index in [4.69, 9.17) is 15.0 Å². The minimum absolute atomic E-state index is 0.347. The van der Waals surface area contributed by atoms with Crippen LogP contribution in [0.25, 0.3) is 0 Å². The molecule has 2 N–H and O–H groups in total. The van der Waals surface area contributed by atoms with Crippen LogP contribution >= 0.6 is 8.53 Å². The third-order valence-corrected chi connectivity index (χ3v) is 2.12. The molecule has 0 bridgehead atoms. The van der Waals surface area contributed by atoms with E-state index in [0.717, 1.165) is 6.42 Å². The van der Waals surface area contributed by atoms with Gasteiger partial charge < -0.3 is 9.79 Å². The normalized spacial score (nSPS) is 10.5. The van der Waals surface area contributed by atoms with Crippen molar-refractivity contribution in [1.29, 1.82) is 5.26 Å². The van der Waals surface area contributed by atoms with Crippen LogP contribution < -0.4 is 0 Å². The van der Waals surface area contributed by atoms with Gasteiger partial charge in [0.05, 0.1) is 6.07 Å². The maximum absolute atomic E-state index is 8.81. The molecule has 0 aliphatic heterocycles. The molecule has 0 radical (unpaired) electrons. The van der Waals surface area contributed by atoms with Gasteiger partial charge >= 0.3 is 0 Å². The van der Waals surface area contributed by atoms with Gasteiger partial charge in [0.1, 0.15) is 0 Å². The Labute approximate surface area is 68.0 Å². The van der Waals surface area contributed by atoms with Gasteiger partial charge in [0.15, 0.2) is 0 Å². The first-order chi connectivity index (χ1) is 5.22. The Morgan fingerprint density at radius 1 is 1.45 bits per heavy atom. The van der Waals surface area contributed by atoms with Crippen molar-refractivity contribution < 1.29 is 9.79 Å². The highest BCUT2D eigenvalue weighted by Gasteiger charge is 2.11. The standard InChI is InChI=1S/C6H13N2O2P/c1-2-5-8(11(9)10)6-3-4-7/h9-10H,2-3,5-6H2,1H3. The molecule has 0 aromatic heterocycles. The molecule has 4 nitrogen and oxygen atoms in total. The molecule has 0 rings (SSSR count). The summed E-state index contributed by atoms with van der Waals surface area (Å²) >= 11 is 0. The highest BCUT2D eigenvalue weighted by molar-refractivity contribution is 7.42. The van der Waals surface area contributed by atoms with Crippen molar-refractivity contribution in [3.63, 3.8) is 0 Å². The summed E-state index contributed by atoms with van der Waals surface area (Å²) in [6.45, 7) is 3.04. The van der Waals surface area contributed by atoms with Gasteiger partial charge in [0.2, 0.25) is 0 Å². The van der Waals surface area contributed by atoms with Crippen LogP contribution in [0.5, 0.6) is 0 Å². The van der Waals surface area contributed by atoms with Crippen LogP contribution in [-0.4, -0.2) is 27.5 Å². The molecule has 0 aliphatic carbocycles. The van der Waals surface area contributed by atoms with Gasteiger partial charge in [-0.1, -0.05) is 6.92 Å². The second-order valence-corrected chi connectivity index (χ2v) is 3.23. The molecule has 64 valence electrons. The van der Waals surface area contributed by atoms with Crippen LogP contribution in [0, 0.1) is 11.3 Å². The topological polar surface area (TPSA) is 67.5 Å². The first-order valence-electron chi connectivity index (χ1n) is 3.52. The average Bonchev–Trinajstić information content (AvgIpc) is 1.97. The highest BCUT2D eigenvalue weighted by Crippen LogP contribution is 2.29. The summed E-state index contributed by atoms with van der Waals surface area (Å²) in [6, 6.07) is 1.96. The molecule has 5 heteroatoms. The van der Waals surface area contributed by atoms with E-state index in [2.05, 4.69) is 0 Å². The predicted octanol–water partition coefficient (Wildman–Crippen LogP) is 0.824. The van der Waals surface area contributed by atoms with Crippen molar-refractivity contribution in [2.45, 2.75) is 19.8 Å². The van der Waals surface area contributed by atoms with Crippen molar-refractivity contribution in [2.24, 2.45) is 0 Å². The number of hydrogen-bond donors (Lipinski definition) is 2. The third kappa shape index (κ3) is 5.11. The van der Waals surface area contributed by atoms with Gasteiger partial charge in [-0.15, -0.1) is 0 Å². The second kappa shape index (κ2) is 6.51. The summed E-state index contributed by atoms with van der Waals surface area (Å²) in [6.07, 6.45) is 1.21. The fraction of sp³-hybridized carbons (Fsp3) is 0.833. The second-order valence-electron chi connectivity index (χ2n) is 2.13. The SMILES string of the molecule is CCCN(CCC#N)P(O)O. The number of nitrogens with zero attached hydrogens (tertiary/aromatic N) is 2. The van der Waals surface area contributed by atoms with Gasteiger partial charge in [-0.25, -0.2) is 4.67 Å². The van der Waals surface area contributed by atoms with Crippen molar-refractivity contribution in [1.82, 2.24) is 4.67 Å². The molecule has 0 aromatic rings. The number of rotatable bonds is 5. The van der Waals surface area contributed by atoms with E-state index in [1.165, 1.54) is 4.67 Å². The summed E-state index contributed by atoms with van der Waals surface area (Å²) in [5.41, 5.74) is 0. The van der Waals surface area contributed by atoms with Gasteiger partial charge in [-0.05, 0) is 6.42 Å². The average molecular weight is 176 g/mol. The Hall–Kier alpha value is -0.200. The van der Waals surface area contributed by atoms with Gasteiger partial charge in [-0.3, -0.25) is 0 Å². The van der Waals surface area contributed by atoms with E-state index >= 15 is 0 Å². The maximum atomic E-state index is 8.81. The summed E-state index contributed by atoms with van der Waals surface area (Å²) in [7, 11) is -2.00. The molecule has 0 saturated heterocycles. The van der Waals surface area contributed by atoms with Crippen LogP contribution in [0.3, 0.4) is 0 Å². The van der Waals surface area contributed by atoms with Crippen LogP contribution in [-0.2, 0) is 0 Å². The molecule has 11 heavy (non-hydrogen) atoms. The monoisotopic (exact) mass is 176 g/mol. The molecule has 0 unspecified atom stereocenters. The predicted molar refractivity (Wildman–Crippen MR) is 43.5 cm³/mol. The lowest BCUT2D eigenvalue weighted by Gasteiger charge is -2.19. The van der Waals surface area contributed by atoms with E-state index in [-0.39, 0.29) is 0 Å². The Morgan fingerprint density at radius 3 is 2.45 bits per heavy atom. The summed E-state index contributed by atoms with van der Waals surface area (Å²) in [5, 5.41) is 8.23. The molecule has 0 amide bonds. The van der Waals surface area contributed by atoms with Gasteiger partial charge in [-0.2, -0.15) is 5.26 Å². The fourth-order valence-corrected chi connectivity index (χ4v) is 1.39. The molecule has 0 aromatic carbocycles. The van der Waals surface area contributed by atoms with Crippen molar-refractivity contribution in [3.05, 3.63) is 0 Å². The van der Waals surface area contributed by atoms with E-state index in [1.54, 1.807) is 0 Å². The number of nitriles is 1. The quantitative estimate of drug-likeness (QED) is 0.608. The smallest absolute Gasteiger partial charge is 0.253 e. The van der Waals surface area contributed by atoms with E-state index in [9.17, 15) is 0 Å². The molecular formula is C6H13N2O2P. The van der Waals surface area contributed by atoms with Crippen LogP contribution in [0.2, 0.25) is 0 Å². The third-order valence-electron chi connectivity index (χ3n) is 1.22. The molecule has 0 spiro atoms. The zero-order valence-corrected chi connectivity index (χ0v) is 7.46. The maximum Gasteiger partial charge on any atom is 0.253 e. The molecule has 0 fully saturated rings. The molecule has 0 heterocycles. The van der Waals surface area contributed by atoms with Crippen molar-refractivity contribution in [3.8, 4) is 6.07 Å². The Bertz CT molecular complexity index is 135. The Kier molecular flexibility index (Phi) is 6.39. The molecular weight excluding hydrogens is 163 g/mol. The Balaban J connectivity index is 3.62. The number of hydrogen-bond acceptors (Lipinski definition) is 4. The van der Waals surface area contributed by atoms with Crippen molar-refractivity contribution >= 4 is 8.53 Å². The zero-order chi connectivity index (χ0) is 8.69. The lowest BCUT2D eigenvalue weighted by Crippen LogP contribution is -2.19. The summed E-state index contributed by atoms with van der Waals surface area (Å²) in [4.78, 5) is 17.6. The minimum atomic E-state index is -2.00. The first kappa shape index (κ1) is 10.8. The lowest BCUT2D eigenvalue weighted by molar-refractivity contribution is 0.344. The van der Waals surface area contributed by atoms with E-state index in [1.807, 2.05) is 13.0 Å². The van der Waals surface area contributed by atoms with Gasteiger partial charge in [0.25, 0.3) is 8.53 Å². The fourth-order valence-electron chi connectivity index (χ4n) is 0.728. The summed E-state index contributed by atoms with van der Waals surface area (Å²) < 4.78 is 1.51. The van der Waals surface area contributed by atoms with E-state index < -0.39 is 8.53 Å². The molecule has 0 aliphatic rings. The van der Waals surface area contributed by atoms with Crippen LogP contribution in [0.4, 0.5) is 0 Å². The highest BCUT2D eigenvalue weighted by atomic mass is 31.2. The molecule has 0 saturated carbocycles. The minimum Gasteiger partial charge on any atom is -0.338 e.